The Kier molecular flexibility index (Phi) is 4.24. The van der Waals surface area contributed by atoms with Gasteiger partial charge in [-0.05, 0) is 37.1 Å². The second-order valence-corrected chi connectivity index (χ2v) is 5.48. The molecule has 4 nitrogen and oxygen atoms in total. The molecule has 0 unspecified atom stereocenters. The van der Waals surface area contributed by atoms with Crippen LogP contribution in [0.2, 0.25) is 0 Å². The molecule has 1 fully saturated rings. The minimum absolute atomic E-state index is 0.0751. The van der Waals surface area contributed by atoms with Gasteiger partial charge in [0, 0.05) is 37.2 Å². The topological polar surface area (TPSA) is 37.3 Å². The van der Waals surface area contributed by atoms with Crippen LogP contribution in [-0.4, -0.2) is 29.6 Å². The minimum Gasteiger partial charge on any atom is -0.367 e. The van der Waals surface area contributed by atoms with Crippen LogP contribution < -0.4 is 10.2 Å². The van der Waals surface area contributed by atoms with E-state index in [9.17, 15) is 4.79 Å². The van der Waals surface area contributed by atoms with E-state index in [0.29, 0.717) is 12.6 Å². The summed E-state index contributed by atoms with van der Waals surface area (Å²) in [5, 5.41) is 3.06. The summed E-state index contributed by atoms with van der Waals surface area (Å²) in [5.74, 6) is 0.0751. The summed E-state index contributed by atoms with van der Waals surface area (Å²) in [6.45, 7) is 2.18. The van der Waals surface area contributed by atoms with Gasteiger partial charge in [0.2, 0.25) is 5.91 Å². The predicted molar refractivity (Wildman–Crippen MR) is 84.3 cm³/mol. The number of benzene rings is 1. The number of carbonyl (C=O) groups is 1. The second-order valence-electron chi connectivity index (χ2n) is 5.48. The van der Waals surface area contributed by atoms with Gasteiger partial charge < -0.3 is 14.8 Å². The molecule has 1 aromatic carbocycles. The van der Waals surface area contributed by atoms with E-state index in [1.807, 2.05) is 35.2 Å². The summed E-state index contributed by atoms with van der Waals surface area (Å²) < 4.78 is 1.89. The lowest BCUT2D eigenvalue weighted by molar-refractivity contribution is -0.121. The number of anilines is 1. The monoisotopic (exact) mass is 283 g/mol. The van der Waals surface area contributed by atoms with Crippen molar-refractivity contribution in [1.82, 2.24) is 9.88 Å². The van der Waals surface area contributed by atoms with Crippen molar-refractivity contribution in [3.63, 3.8) is 0 Å². The fourth-order valence-electron chi connectivity index (χ4n) is 2.94. The Hall–Kier alpha value is -2.23. The average Bonchev–Trinajstić information content (AvgIpc) is 3.17. The molecule has 0 saturated carbocycles. The summed E-state index contributed by atoms with van der Waals surface area (Å²) in [5.41, 5.74) is 1.25. The van der Waals surface area contributed by atoms with E-state index in [4.69, 9.17) is 0 Å². The summed E-state index contributed by atoms with van der Waals surface area (Å²) in [6, 6.07) is 14.7. The fraction of sp³-hybridized carbons (Fsp3) is 0.353. The third-order valence-corrected chi connectivity index (χ3v) is 3.99. The van der Waals surface area contributed by atoms with E-state index in [1.54, 1.807) is 0 Å². The van der Waals surface area contributed by atoms with Crippen LogP contribution in [0.15, 0.2) is 54.9 Å². The number of nitrogens with zero attached hydrogens (tertiary/aromatic N) is 2. The summed E-state index contributed by atoms with van der Waals surface area (Å²) in [7, 11) is 0. The van der Waals surface area contributed by atoms with E-state index in [0.717, 1.165) is 19.5 Å². The van der Waals surface area contributed by atoms with Crippen LogP contribution in [0, 0.1) is 0 Å². The highest BCUT2D eigenvalue weighted by Gasteiger charge is 2.24. The number of amides is 1. The first-order chi connectivity index (χ1) is 10.3. The van der Waals surface area contributed by atoms with Crippen LogP contribution >= 0.6 is 0 Å². The SMILES string of the molecule is O=C(Cn1cccc1)NC[C@@H]1CCCN1c1ccccc1. The standard InChI is InChI=1S/C17H21N3O/c21-17(14-19-10-4-5-11-19)18-13-16-9-6-12-20(16)15-7-2-1-3-8-15/h1-5,7-8,10-11,16H,6,9,12-14H2,(H,18,21)/t16-/m0/s1. The van der Waals surface area contributed by atoms with E-state index >= 15 is 0 Å². The fourth-order valence-corrected chi connectivity index (χ4v) is 2.94. The van der Waals surface area contributed by atoms with Crippen LogP contribution in [0.3, 0.4) is 0 Å². The van der Waals surface area contributed by atoms with Crippen molar-refractivity contribution in [2.24, 2.45) is 0 Å². The zero-order chi connectivity index (χ0) is 14.5. The number of carbonyl (C=O) groups excluding carboxylic acids is 1. The van der Waals surface area contributed by atoms with E-state index < -0.39 is 0 Å². The van der Waals surface area contributed by atoms with Crippen LogP contribution in [0.25, 0.3) is 0 Å². The van der Waals surface area contributed by atoms with Gasteiger partial charge >= 0.3 is 0 Å². The maximum absolute atomic E-state index is 12.0. The third-order valence-electron chi connectivity index (χ3n) is 3.99. The zero-order valence-electron chi connectivity index (χ0n) is 12.1. The Morgan fingerprint density at radius 3 is 2.67 bits per heavy atom. The van der Waals surface area contributed by atoms with Crippen molar-refractivity contribution in [2.75, 3.05) is 18.0 Å². The zero-order valence-corrected chi connectivity index (χ0v) is 12.1. The van der Waals surface area contributed by atoms with E-state index in [2.05, 4.69) is 34.5 Å². The molecule has 1 aliphatic heterocycles. The Morgan fingerprint density at radius 2 is 1.90 bits per heavy atom. The van der Waals surface area contributed by atoms with Crippen molar-refractivity contribution in [3.05, 3.63) is 54.9 Å². The predicted octanol–water partition coefficient (Wildman–Crippen LogP) is 2.27. The second kappa shape index (κ2) is 6.48. The van der Waals surface area contributed by atoms with E-state index in [-0.39, 0.29) is 5.91 Å². The Bertz CT molecular complexity index is 565. The average molecular weight is 283 g/mol. The quantitative estimate of drug-likeness (QED) is 0.914. The minimum atomic E-state index is 0.0751. The Morgan fingerprint density at radius 1 is 1.14 bits per heavy atom. The molecule has 0 spiro atoms. The molecule has 110 valence electrons. The van der Waals surface area contributed by atoms with Gasteiger partial charge in [-0.15, -0.1) is 0 Å². The van der Waals surface area contributed by atoms with Crippen molar-refractivity contribution >= 4 is 11.6 Å². The Labute approximate surface area is 125 Å². The maximum Gasteiger partial charge on any atom is 0.239 e. The smallest absolute Gasteiger partial charge is 0.239 e. The molecule has 1 aromatic heterocycles. The van der Waals surface area contributed by atoms with Gasteiger partial charge in [0.1, 0.15) is 6.54 Å². The lowest BCUT2D eigenvalue weighted by Gasteiger charge is -2.27. The van der Waals surface area contributed by atoms with Crippen LogP contribution in [0.5, 0.6) is 0 Å². The number of aromatic nitrogens is 1. The molecule has 1 amide bonds. The highest BCUT2D eigenvalue weighted by atomic mass is 16.1. The van der Waals surface area contributed by atoms with Crippen LogP contribution in [-0.2, 0) is 11.3 Å². The molecular weight excluding hydrogens is 262 g/mol. The molecule has 4 heteroatoms. The molecule has 21 heavy (non-hydrogen) atoms. The summed E-state index contributed by atoms with van der Waals surface area (Å²) >= 11 is 0. The molecule has 0 radical (unpaired) electrons. The van der Waals surface area contributed by atoms with Gasteiger partial charge in [-0.3, -0.25) is 4.79 Å². The molecular formula is C17H21N3O. The molecule has 0 aliphatic carbocycles. The summed E-state index contributed by atoms with van der Waals surface area (Å²) in [4.78, 5) is 14.4. The Balaban J connectivity index is 1.53. The van der Waals surface area contributed by atoms with Gasteiger partial charge in [0.05, 0.1) is 0 Å². The molecule has 2 heterocycles. The normalized spacial score (nSPS) is 17.9. The lowest BCUT2D eigenvalue weighted by atomic mass is 10.2. The third kappa shape index (κ3) is 3.45. The molecule has 3 rings (SSSR count). The highest BCUT2D eigenvalue weighted by Crippen LogP contribution is 2.24. The molecule has 1 atom stereocenters. The molecule has 1 N–H and O–H groups in total. The van der Waals surface area contributed by atoms with Crippen molar-refractivity contribution in [3.8, 4) is 0 Å². The van der Waals surface area contributed by atoms with Gasteiger partial charge in [-0.1, -0.05) is 18.2 Å². The van der Waals surface area contributed by atoms with Crippen LogP contribution in [0.4, 0.5) is 5.69 Å². The maximum atomic E-state index is 12.0. The lowest BCUT2D eigenvalue weighted by Crippen LogP contribution is -2.41. The number of nitrogens with one attached hydrogen (secondary N) is 1. The van der Waals surface area contributed by atoms with Crippen molar-refractivity contribution in [2.45, 2.75) is 25.4 Å². The summed E-state index contributed by atoms with van der Waals surface area (Å²) in [6.07, 6.45) is 6.14. The van der Waals surface area contributed by atoms with Gasteiger partial charge in [0.15, 0.2) is 0 Å². The number of para-hydroxylation sites is 1. The molecule has 0 bridgehead atoms. The first kappa shape index (κ1) is 13.7. The first-order valence-electron chi connectivity index (χ1n) is 7.52. The number of hydrogen-bond donors (Lipinski definition) is 1. The largest absolute Gasteiger partial charge is 0.367 e. The van der Waals surface area contributed by atoms with E-state index in [1.165, 1.54) is 12.1 Å². The van der Waals surface area contributed by atoms with Gasteiger partial charge in [0.25, 0.3) is 0 Å². The number of rotatable bonds is 5. The molecule has 1 aliphatic rings. The van der Waals surface area contributed by atoms with Crippen LogP contribution in [0.1, 0.15) is 12.8 Å². The van der Waals surface area contributed by atoms with Crippen molar-refractivity contribution < 1.29 is 4.79 Å². The first-order valence-corrected chi connectivity index (χ1v) is 7.52. The van der Waals surface area contributed by atoms with Gasteiger partial charge in [-0.25, -0.2) is 0 Å². The molecule has 2 aromatic rings. The molecule has 1 saturated heterocycles. The van der Waals surface area contributed by atoms with Crippen molar-refractivity contribution in [1.29, 1.82) is 0 Å². The van der Waals surface area contributed by atoms with Gasteiger partial charge in [-0.2, -0.15) is 0 Å². The number of hydrogen-bond acceptors (Lipinski definition) is 2. The highest BCUT2D eigenvalue weighted by molar-refractivity contribution is 5.75.